The van der Waals surface area contributed by atoms with Crippen molar-refractivity contribution in [1.82, 2.24) is 35.7 Å². The molecule has 14 nitrogen and oxygen atoms in total. The van der Waals surface area contributed by atoms with Gasteiger partial charge in [0.15, 0.2) is 0 Å². The fraction of sp³-hybridized carbons (Fsp3) is 0.486. The maximum atomic E-state index is 14.3. The van der Waals surface area contributed by atoms with Gasteiger partial charge >= 0.3 is 18.4 Å². The molecule has 3 aliphatic rings. The summed E-state index contributed by atoms with van der Waals surface area (Å²) in [4.78, 5) is 56.2. The summed E-state index contributed by atoms with van der Waals surface area (Å²) in [5, 5.41) is 28.6. The molecule has 17 heteroatoms. The minimum absolute atomic E-state index is 0.0327. The number of aliphatic carboxylic acids is 1. The molecule has 1 aliphatic carbocycles. The molecule has 3 N–H and O–H groups in total. The number of ether oxygens (including phenoxy) is 2. The van der Waals surface area contributed by atoms with E-state index >= 15 is 0 Å². The van der Waals surface area contributed by atoms with Gasteiger partial charge in [0, 0.05) is 24.4 Å². The zero-order valence-corrected chi connectivity index (χ0v) is 30.0. The topological polar surface area (TPSA) is 178 Å². The van der Waals surface area contributed by atoms with Gasteiger partial charge in [0.2, 0.25) is 17.6 Å². The van der Waals surface area contributed by atoms with Crippen molar-refractivity contribution in [2.45, 2.75) is 101 Å². The Kier molecular flexibility index (Phi) is 10.7. The highest BCUT2D eigenvalue weighted by molar-refractivity contribution is 5.96. The molecule has 1 aromatic heterocycles. The third-order valence-electron chi connectivity index (χ3n) is 9.63. The number of rotatable bonds is 6. The number of carbonyl (C=O) groups excluding carboxylic acids is 3. The molecule has 2 fully saturated rings. The lowest BCUT2D eigenvalue weighted by Gasteiger charge is -2.30. The third kappa shape index (κ3) is 8.99. The van der Waals surface area contributed by atoms with Gasteiger partial charge in [0.05, 0.1) is 6.04 Å². The number of carboxylic acid groups (broad SMARTS) is 1. The van der Waals surface area contributed by atoms with Crippen LogP contribution in [0.4, 0.5) is 18.0 Å². The van der Waals surface area contributed by atoms with Crippen molar-refractivity contribution < 1.29 is 46.9 Å². The van der Waals surface area contributed by atoms with Crippen LogP contribution in [0.5, 0.6) is 5.75 Å². The van der Waals surface area contributed by atoms with Crippen LogP contribution in [0, 0.1) is 5.92 Å². The van der Waals surface area contributed by atoms with Gasteiger partial charge in [-0.1, -0.05) is 55.3 Å². The molecule has 6 rings (SSSR count). The predicted molar refractivity (Wildman–Crippen MR) is 187 cm³/mol. The van der Waals surface area contributed by atoms with E-state index < -0.39 is 65.4 Å². The summed E-state index contributed by atoms with van der Waals surface area (Å²) < 4.78 is 47.3. The largest absolute Gasteiger partial charge is 0.573 e. The molecule has 2 aliphatic heterocycles. The van der Waals surface area contributed by atoms with Crippen LogP contribution < -0.4 is 15.4 Å². The molecule has 1 saturated carbocycles. The summed E-state index contributed by atoms with van der Waals surface area (Å²) in [6, 6.07) is 9.62. The highest BCUT2D eigenvalue weighted by Gasteiger charge is 2.61. The Balaban J connectivity index is 1.26. The van der Waals surface area contributed by atoms with Crippen molar-refractivity contribution in [3.05, 3.63) is 60.7 Å². The molecule has 0 radical (unpaired) electrons. The fourth-order valence-electron chi connectivity index (χ4n) is 6.88. The Morgan fingerprint density at radius 3 is 2.46 bits per heavy atom. The van der Waals surface area contributed by atoms with Crippen LogP contribution in [-0.2, 0) is 19.1 Å². The number of carbonyl (C=O) groups is 4. The number of fused-ring (bicyclic) bond motifs is 2. The van der Waals surface area contributed by atoms with Gasteiger partial charge in [0.25, 0.3) is 0 Å². The van der Waals surface area contributed by atoms with E-state index in [1.54, 1.807) is 45.0 Å². The number of hydrogen-bond acceptors (Lipinski definition) is 9. The zero-order valence-electron chi connectivity index (χ0n) is 30.0. The second-order valence-corrected chi connectivity index (χ2v) is 14.8. The van der Waals surface area contributed by atoms with E-state index in [1.807, 2.05) is 12.2 Å². The Labute approximate surface area is 309 Å². The van der Waals surface area contributed by atoms with Crippen molar-refractivity contribution in [2.24, 2.45) is 5.92 Å². The summed E-state index contributed by atoms with van der Waals surface area (Å²) in [7, 11) is 0. The quantitative estimate of drug-likeness (QED) is 0.276. The SMILES string of the molecule is CC(C)(C)OC(=O)NC1CCCCC/C=C\C2CC2(C(=O)O)NC(=O)C2C[C@@H](n3nnc(-c4cccc(-c5ccc(OC(F)(F)F)cc5)c4)n3)CN2C1=O. The normalized spacial score (nSPS) is 25.6. The Hall–Kier alpha value is -5.48. The van der Waals surface area contributed by atoms with Crippen LogP contribution in [0.25, 0.3) is 22.5 Å². The molecule has 0 bridgehead atoms. The first-order valence-electron chi connectivity index (χ1n) is 17.8. The second kappa shape index (κ2) is 15.1. The Morgan fingerprint density at radius 2 is 1.76 bits per heavy atom. The smallest absolute Gasteiger partial charge is 0.479 e. The van der Waals surface area contributed by atoms with Crippen LogP contribution in [0.3, 0.4) is 0 Å². The average molecular weight is 754 g/mol. The van der Waals surface area contributed by atoms with Crippen molar-refractivity contribution in [3.8, 4) is 28.3 Å². The Bertz CT molecular complexity index is 1910. The van der Waals surface area contributed by atoms with Crippen molar-refractivity contribution in [2.75, 3.05) is 6.54 Å². The highest BCUT2D eigenvalue weighted by Crippen LogP contribution is 2.45. The zero-order chi connectivity index (χ0) is 38.8. The first-order chi connectivity index (χ1) is 25.5. The first-order valence-corrected chi connectivity index (χ1v) is 17.8. The molecule has 1 saturated heterocycles. The number of carboxylic acids is 1. The average Bonchev–Trinajstić information content (AvgIpc) is 3.40. The molecule has 3 heterocycles. The van der Waals surface area contributed by atoms with Gasteiger partial charge in [-0.3, -0.25) is 9.59 Å². The van der Waals surface area contributed by atoms with Gasteiger partial charge in [0.1, 0.15) is 29.0 Å². The van der Waals surface area contributed by atoms with Crippen LogP contribution >= 0.6 is 0 Å². The minimum Gasteiger partial charge on any atom is -0.479 e. The summed E-state index contributed by atoms with van der Waals surface area (Å²) in [5.74, 6) is -2.86. The van der Waals surface area contributed by atoms with Crippen molar-refractivity contribution in [1.29, 1.82) is 0 Å². The molecule has 4 unspecified atom stereocenters. The third-order valence-corrected chi connectivity index (χ3v) is 9.63. The number of alkyl carbamates (subject to hydrolysis) is 1. The predicted octanol–water partition coefficient (Wildman–Crippen LogP) is 5.42. The first kappa shape index (κ1) is 38.3. The van der Waals surface area contributed by atoms with Crippen LogP contribution in [-0.4, -0.2) is 90.2 Å². The maximum absolute atomic E-state index is 14.3. The van der Waals surface area contributed by atoms with Gasteiger partial charge in [-0.05, 0) is 81.0 Å². The van der Waals surface area contributed by atoms with Gasteiger partial charge in [-0.2, -0.15) is 4.80 Å². The molecule has 3 amide bonds. The van der Waals surface area contributed by atoms with Crippen molar-refractivity contribution >= 4 is 23.9 Å². The molecule has 5 atom stereocenters. The number of halogens is 3. The number of hydrogen-bond donors (Lipinski definition) is 3. The van der Waals surface area contributed by atoms with E-state index in [2.05, 4.69) is 30.8 Å². The number of nitrogens with zero attached hydrogens (tertiary/aromatic N) is 5. The van der Waals surface area contributed by atoms with E-state index in [0.717, 1.165) is 12.8 Å². The fourth-order valence-corrected chi connectivity index (χ4v) is 6.88. The number of nitrogens with one attached hydrogen (secondary N) is 2. The molecule has 54 heavy (non-hydrogen) atoms. The van der Waals surface area contributed by atoms with E-state index in [0.29, 0.717) is 36.0 Å². The summed E-state index contributed by atoms with van der Waals surface area (Å²) in [6.45, 7) is 5.08. The monoisotopic (exact) mass is 753 g/mol. The number of aromatic nitrogens is 4. The lowest BCUT2D eigenvalue weighted by Crippen LogP contribution is -2.56. The van der Waals surface area contributed by atoms with Crippen LogP contribution in [0.1, 0.15) is 71.8 Å². The summed E-state index contributed by atoms with van der Waals surface area (Å²) in [5.41, 5.74) is -0.483. The highest BCUT2D eigenvalue weighted by atomic mass is 19.4. The number of amides is 3. The Morgan fingerprint density at radius 1 is 1.02 bits per heavy atom. The number of allylic oxidation sites excluding steroid dienone is 1. The number of alkyl halides is 3. The maximum Gasteiger partial charge on any atom is 0.573 e. The molecular weight excluding hydrogens is 711 g/mol. The van der Waals surface area contributed by atoms with Crippen molar-refractivity contribution in [3.63, 3.8) is 0 Å². The minimum atomic E-state index is -4.81. The second-order valence-electron chi connectivity index (χ2n) is 14.8. The summed E-state index contributed by atoms with van der Waals surface area (Å²) in [6.07, 6.45) is 1.58. The molecule has 288 valence electrons. The molecule has 3 aromatic rings. The molecule has 0 spiro atoms. The van der Waals surface area contributed by atoms with Crippen LogP contribution in [0.15, 0.2) is 60.7 Å². The number of benzene rings is 2. The van der Waals surface area contributed by atoms with Gasteiger partial charge in [-0.25, -0.2) is 9.59 Å². The molecular formula is C37H42F3N7O7. The molecule has 2 aromatic carbocycles. The van der Waals surface area contributed by atoms with E-state index in [4.69, 9.17) is 4.74 Å². The summed E-state index contributed by atoms with van der Waals surface area (Å²) >= 11 is 0. The van der Waals surface area contributed by atoms with E-state index in [-0.39, 0.29) is 31.0 Å². The lowest BCUT2D eigenvalue weighted by atomic mass is 10.0. The van der Waals surface area contributed by atoms with E-state index in [1.165, 1.54) is 34.0 Å². The van der Waals surface area contributed by atoms with Gasteiger partial charge in [-0.15, -0.1) is 23.4 Å². The lowest BCUT2D eigenvalue weighted by molar-refractivity contribution is -0.274. The van der Waals surface area contributed by atoms with Gasteiger partial charge < -0.3 is 30.1 Å². The van der Waals surface area contributed by atoms with Crippen LogP contribution in [0.2, 0.25) is 0 Å². The number of tetrazole rings is 1. The van der Waals surface area contributed by atoms with E-state index in [9.17, 15) is 37.5 Å². The standard InChI is InChI=1S/C37H42F3N7O7/c1-35(2,3)54-34(52)41-28-13-8-6-4-5-7-12-25-20-36(25,33(50)51)42-31(48)29-19-26(21-46(29)32(28)49)47-44-30(43-45-47)24-11-9-10-23(18-24)22-14-16-27(17-15-22)53-37(38,39)40/h7,9-12,14-18,25-26,28-29H,4-6,8,13,19-21H2,1-3H3,(H,41,52)(H,42,48)(H,50,51)/b12-7-/t25?,26-,28?,29?,36?/m1/s1.